The molecular formula is C16H21NO4S. The molecule has 1 aromatic heterocycles. The van der Waals surface area contributed by atoms with Crippen molar-refractivity contribution in [3.63, 3.8) is 0 Å². The molecule has 2 saturated heterocycles. The van der Waals surface area contributed by atoms with Crippen LogP contribution in [0.1, 0.15) is 41.8 Å². The van der Waals surface area contributed by atoms with E-state index in [1.165, 1.54) is 11.3 Å². The summed E-state index contributed by atoms with van der Waals surface area (Å²) in [7, 11) is 0. The molecule has 0 bridgehead atoms. The van der Waals surface area contributed by atoms with E-state index in [2.05, 4.69) is 0 Å². The summed E-state index contributed by atoms with van der Waals surface area (Å²) in [6.45, 7) is 1.67. The van der Waals surface area contributed by atoms with Crippen LogP contribution in [0.5, 0.6) is 0 Å². The second-order valence-corrected chi connectivity index (χ2v) is 6.70. The summed E-state index contributed by atoms with van der Waals surface area (Å²) >= 11 is 1.40. The van der Waals surface area contributed by atoms with Gasteiger partial charge in [0.25, 0.3) is 5.91 Å². The number of amides is 1. The molecule has 0 N–H and O–H groups in total. The Labute approximate surface area is 134 Å². The van der Waals surface area contributed by atoms with Gasteiger partial charge < -0.3 is 14.4 Å². The Morgan fingerprint density at radius 2 is 2.23 bits per heavy atom. The molecule has 2 fully saturated rings. The molecule has 5 nitrogen and oxygen atoms in total. The molecule has 2 unspecified atom stereocenters. The van der Waals surface area contributed by atoms with Crippen molar-refractivity contribution in [3.05, 3.63) is 22.4 Å². The summed E-state index contributed by atoms with van der Waals surface area (Å²) in [5.74, 6) is -0.361. The minimum absolute atomic E-state index is 0.0144. The topological polar surface area (TPSA) is 55.8 Å². The molecule has 2 aliphatic heterocycles. The first-order chi connectivity index (χ1) is 10.8. The van der Waals surface area contributed by atoms with Crippen LogP contribution in [0.15, 0.2) is 17.5 Å². The third-order valence-electron chi connectivity index (χ3n) is 4.20. The molecule has 3 rings (SSSR count). The Morgan fingerprint density at radius 1 is 1.32 bits per heavy atom. The third kappa shape index (κ3) is 3.50. The molecule has 1 aromatic rings. The zero-order chi connectivity index (χ0) is 15.4. The Bertz CT molecular complexity index is 510. The predicted octanol–water partition coefficient (Wildman–Crippen LogP) is 2.47. The van der Waals surface area contributed by atoms with E-state index in [1.807, 2.05) is 11.4 Å². The van der Waals surface area contributed by atoms with Gasteiger partial charge in [0.2, 0.25) is 0 Å². The van der Waals surface area contributed by atoms with Crippen molar-refractivity contribution in [2.75, 3.05) is 19.8 Å². The summed E-state index contributed by atoms with van der Waals surface area (Å²) < 4.78 is 11.0. The third-order valence-corrected chi connectivity index (χ3v) is 5.06. The molecule has 0 spiro atoms. The van der Waals surface area contributed by atoms with E-state index in [-0.39, 0.29) is 18.0 Å². The lowest BCUT2D eigenvalue weighted by atomic mass is 10.1. The zero-order valence-electron chi connectivity index (χ0n) is 12.5. The zero-order valence-corrected chi connectivity index (χ0v) is 13.3. The number of carbonyl (C=O) groups excluding carboxylic acids is 2. The molecule has 2 atom stereocenters. The van der Waals surface area contributed by atoms with Crippen molar-refractivity contribution in [3.8, 4) is 0 Å². The minimum atomic E-state index is -0.446. The predicted molar refractivity (Wildman–Crippen MR) is 82.9 cm³/mol. The number of hydrogen-bond donors (Lipinski definition) is 0. The number of carbonyl (C=O) groups is 2. The SMILES string of the molecule is O=C(OCC1CCCCO1)C1CCCN1C(=O)c1cccs1. The highest BCUT2D eigenvalue weighted by Gasteiger charge is 2.36. The van der Waals surface area contributed by atoms with Gasteiger partial charge in [-0.2, -0.15) is 0 Å². The molecule has 1 amide bonds. The van der Waals surface area contributed by atoms with Crippen LogP contribution in [-0.4, -0.2) is 48.7 Å². The van der Waals surface area contributed by atoms with Gasteiger partial charge in [-0.25, -0.2) is 4.79 Å². The van der Waals surface area contributed by atoms with Gasteiger partial charge >= 0.3 is 5.97 Å². The fourth-order valence-electron chi connectivity index (χ4n) is 3.01. The van der Waals surface area contributed by atoms with Crippen LogP contribution in [-0.2, 0) is 14.3 Å². The van der Waals surface area contributed by atoms with Crippen LogP contribution in [0.25, 0.3) is 0 Å². The molecule has 2 aliphatic rings. The smallest absolute Gasteiger partial charge is 0.328 e. The fourth-order valence-corrected chi connectivity index (χ4v) is 3.69. The standard InChI is InChI=1S/C16H21NO4S/c18-15(14-7-4-10-22-14)17-8-3-6-13(17)16(19)21-11-12-5-1-2-9-20-12/h4,7,10,12-13H,1-3,5-6,8-9,11H2. The molecule has 0 aromatic carbocycles. The lowest BCUT2D eigenvalue weighted by Gasteiger charge is -2.25. The highest BCUT2D eigenvalue weighted by Crippen LogP contribution is 2.23. The van der Waals surface area contributed by atoms with Crippen LogP contribution in [0.4, 0.5) is 0 Å². The van der Waals surface area contributed by atoms with E-state index >= 15 is 0 Å². The van der Waals surface area contributed by atoms with Gasteiger partial charge in [-0.1, -0.05) is 6.07 Å². The molecular weight excluding hydrogens is 302 g/mol. The van der Waals surface area contributed by atoms with Gasteiger partial charge in [0, 0.05) is 13.2 Å². The van der Waals surface area contributed by atoms with Crippen molar-refractivity contribution >= 4 is 23.2 Å². The first-order valence-corrected chi connectivity index (χ1v) is 8.76. The van der Waals surface area contributed by atoms with Gasteiger partial charge in [0.1, 0.15) is 12.6 Å². The molecule has 22 heavy (non-hydrogen) atoms. The average molecular weight is 323 g/mol. The number of thiophene rings is 1. The number of nitrogens with zero attached hydrogens (tertiary/aromatic N) is 1. The maximum atomic E-state index is 12.4. The van der Waals surface area contributed by atoms with Crippen LogP contribution in [0.3, 0.4) is 0 Å². The highest BCUT2D eigenvalue weighted by molar-refractivity contribution is 7.12. The van der Waals surface area contributed by atoms with Gasteiger partial charge in [0.15, 0.2) is 0 Å². The molecule has 6 heteroatoms. The Hall–Kier alpha value is -1.40. The quantitative estimate of drug-likeness (QED) is 0.799. The number of esters is 1. The van der Waals surface area contributed by atoms with Gasteiger partial charge in [-0.05, 0) is 43.6 Å². The van der Waals surface area contributed by atoms with Gasteiger partial charge in [-0.3, -0.25) is 4.79 Å². The minimum Gasteiger partial charge on any atom is -0.461 e. The van der Waals surface area contributed by atoms with Crippen LogP contribution in [0.2, 0.25) is 0 Å². The molecule has 0 aliphatic carbocycles. The number of likely N-dealkylation sites (tertiary alicyclic amines) is 1. The Balaban J connectivity index is 1.55. The van der Waals surface area contributed by atoms with Crippen molar-refractivity contribution in [1.29, 1.82) is 0 Å². The first kappa shape index (κ1) is 15.5. The van der Waals surface area contributed by atoms with E-state index in [4.69, 9.17) is 9.47 Å². The van der Waals surface area contributed by atoms with Crippen LogP contribution >= 0.6 is 11.3 Å². The van der Waals surface area contributed by atoms with E-state index < -0.39 is 6.04 Å². The molecule has 0 saturated carbocycles. The van der Waals surface area contributed by atoms with Crippen molar-refractivity contribution in [1.82, 2.24) is 4.90 Å². The monoisotopic (exact) mass is 323 g/mol. The van der Waals surface area contributed by atoms with E-state index in [9.17, 15) is 9.59 Å². The lowest BCUT2D eigenvalue weighted by molar-refractivity contribution is -0.153. The molecule has 3 heterocycles. The number of rotatable bonds is 4. The highest BCUT2D eigenvalue weighted by atomic mass is 32.1. The number of ether oxygens (including phenoxy) is 2. The van der Waals surface area contributed by atoms with Crippen molar-refractivity contribution < 1.29 is 19.1 Å². The van der Waals surface area contributed by atoms with E-state index in [1.54, 1.807) is 11.0 Å². The lowest BCUT2D eigenvalue weighted by Crippen LogP contribution is -2.42. The summed E-state index contributed by atoms with van der Waals surface area (Å²) in [5, 5.41) is 1.87. The second-order valence-electron chi connectivity index (χ2n) is 5.75. The Morgan fingerprint density at radius 3 is 2.95 bits per heavy atom. The van der Waals surface area contributed by atoms with Crippen LogP contribution in [0, 0.1) is 0 Å². The maximum Gasteiger partial charge on any atom is 0.328 e. The summed E-state index contributed by atoms with van der Waals surface area (Å²) in [6, 6.07) is 3.20. The van der Waals surface area contributed by atoms with Gasteiger partial charge in [-0.15, -0.1) is 11.3 Å². The fraction of sp³-hybridized carbons (Fsp3) is 0.625. The second kappa shape index (κ2) is 7.24. The van der Waals surface area contributed by atoms with E-state index in [0.717, 1.165) is 32.3 Å². The van der Waals surface area contributed by atoms with Gasteiger partial charge in [0.05, 0.1) is 11.0 Å². The maximum absolute atomic E-state index is 12.4. The summed E-state index contributed by atoms with van der Waals surface area (Å²) in [6.07, 6.45) is 4.68. The van der Waals surface area contributed by atoms with E-state index in [0.29, 0.717) is 24.4 Å². The first-order valence-electron chi connectivity index (χ1n) is 7.88. The molecule has 0 radical (unpaired) electrons. The van der Waals surface area contributed by atoms with Crippen molar-refractivity contribution in [2.45, 2.75) is 44.2 Å². The average Bonchev–Trinajstić information content (AvgIpc) is 3.24. The van der Waals surface area contributed by atoms with Crippen molar-refractivity contribution in [2.24, 2.45) is 0 Å². The number of hydrogen-bond acceptors (Lipinski definition) is 5. The Kier molecular flexibility index (Phi) is 5.10. The van der Waals surface area contributed by atoms with Crippen LogP contribution < -0.4 is 0 Å². The molecule has 120 valence electrons. The normalized spacial score (nSPS) is 25.2. The summed E-state index contributed by atoms with van der Waals surface area (Å²) in [5.41, 5.74) is 0. The largest absolute Gasteiger partial charge is 0.461 e. The summed E-state index contributed by atoms with van der Waals surface area (Å²) in [4.78, 5) is 27.1.